The highest BCUT2D eigenvalue weighted by molar-refractivity contribution is 14.0. The number of nitrogens with zero attached hydrogens (tertiary/aromatic N) is 3. The first-order valence-electron chi connectivity index (χ1n) is 12.0. The van der Waals surface area contributed by atoms with Crippen molar-refractivity contribution in [3.05, 3.63) is 23.3 Å². The molecule has 2 heterocycles. The van der Waals surface area contributed by atoms with E-state index in [4.69, 9.17) is 14.5 Å². The van der Waals surface area contributed by atoms with Crippen LogP contribution in [-0.2, 0) is 17.8 Å². The average Bonchev–Trinajstić information content (AvgIpc) is 2.78. The molecule has 33 heavy (non-hydrogen) atoms. The number of hydrogen-bond acceptors (Lipinski definition) is 4. The number of nitrogens with one attached hydrogen (secondary N) is 1. The Morgan fingerprint density at radius 2 is 1.73 bits per heavy atom. The molecule has 8 heteroatoms. The summed E-state index contributed by atoms with van der Waals surface area (Å²) < 4.78 is 10.8. The van der Waals surface area contributed by atoms with E-state index in [0.29, 0.717) is 37.1 Å². The van der Waals surface area contributed by atoms with Crippen LogP contribution in [-0.4, -0.2) is 68.6 Å². The number of fused-ring (bicyclic) bond motifs is 1. The molecule has 2 atom stereocenters. The van der Waals surface area contributed by atoms with Crippen LogP contribution in [0.3, 0.4) is 0 Å². The van der Waals surface area contributed by atoms with E-state index < -0.39 is 0 Å². The zero-order valence-corrected chi connectivity index (χ0v) is 23.2. The number of aliphatic imine (C=N–C) groups is 1. The Hall–Kier alpha value is -1.71. The third kappa shape index (κ3) is 7.39. The molecular weight excluding hydrogens is 531 g/mol. The van der Waals surface area contributed by atoms with Crippen molar-refractivity contribution in [3.63, 3.8) is 0 Å². The van der Waals surface area contributed by atoms with Gasteiger partial charge in [0.2, 0.25) is 5.91 Å². The van der Waals surface area contributed by atoms with Gasteiger partial charge in [0.25, 0.3) is 0 Å². The second-order valence-electron chi connectivity index (χ2n) is 9.23. The van der Waals surface area contributed by atoms with Crippen LogP contribution in [0.2, 0.25) is 0 Å². The Morgan fingerprint density at radius 1 is 1.09 bits per heavy atom. The highest BCUT2D eigenvalue weighted by Gasteiger charge is 2.25. The maximum atomic E-state index is 12.8. The summed E-state index contributed by atoms with van der Waals surface area (Å²) in [4.78, 5) is 22.0. The lowest BCUT2D eigenvalue weighted by atomic mass is 9.92. The first-order chi connectivity index (χ1) is 15.4. The molecule has 1 aromatic rings. The molecule has 7 nitrogen and oxygen atoms in total. The number of piperidine rings is 1. The number of guanidine groups is 1. The number of amides is 1. The van der Waals surface area contributed by atoms with Crippen LogP contribution in [0.25, 0.3) is 0 Å². The number of ether oxygens (including phenoxy) is 2. The molecule has 0 saturated carbocycles. The topological polar surface area (TPSA) is 66.4 Å². The van der Waals surface area contributed by atoms with Gasteiger partial charge in [-0.1, -0.05) is 13.8 Å². The zero-order valence-electron chi connectivity index (χ0n) is 20.9. The Morgan fingerprint density at radius 3 is 2.33 bits per heavy atom. The first kappa shape index (κ1) is 27.5. The summed E-state index contributed by atoms with van der Waals surface area (Å²) in [6, 6.07) is 4.04. The molecule has 2 unspecified atom stereocenters. The predicted molar refractivity (Wildman–Crippen MR) is 144 cm³/mol. The van der Waals surface area contributed by atoms with Gasteiger partial charge in [-0.25, -0.2) is 0 Å². The quantitative estimate of drug-likeness (QED) is 0.232. The second-order valence-corrected chi connectivity index (χ2v) is 9.23. The summed E-state index contributed by atoms with van der Waals surface area (Å²) in [5, 5.41) is 3.43. The largest absolute Gasteiger partial charge is 0.493 e. The number of halogens is 1. The fraction of sp³-hybridized carbons (Fsp3) is 0.680. The lowest BCUT2D eigenvalue weighted by Crippen LogP contribution is -2.48. The van der Waals surface area contributed by atoms with E-state index in [9.17, 15) is 4.79 Å². The Kier molecular flexibility index (Phi) is 11.1. The normalized spacial score (nSPS) is 20.6. The van der Waals surface area contributed by atoms with Crippen molar-refractivity contribution in [2.45, 2.75) is 53.0 Å². The number of hydrogen-bond donors (Lipinski definition) is 1. The molecule has 2 aliphatic rings. The highest BCUT2D eigenvalue weighted by Crippen LogP contribution is 2.33. The van der Waals surface area contributed by atoms with E-state index >= 15 is 0 Å². The van der Waals surface area contributed by atoms with Gasteiger partial charge in [0.15, 0.2) is 17.5 Å². The predicted octanol–water partition coefficient (Wildman–Crippen LogP) is 3.93. The lowest BCUT2D eigenvalue weighted by Gasteiger charge is -2.37. The van der Waals surface area contributed by atoms with Gasteiger partial charge in [0, 0.05) is 45.7 Å². The number of rotatable bonds is 7. The highest BCUT2D eigenvalue weighted by atomic mass is 127. The standard InChI is InChI=1S/C25H40N4O3.HI/c1-6-26-25(29-15-18(2)12-19(3)16-29)27-10-7-8-24(30)28-11-9-20-13-22(31-4)23(32-5)14-21(20)17-28;/h13-14,18-19H,6-12,15-17H2,1-5H3,(H,26,27);1H. The first-order valence-corrected chi connectivity index (χ1v) is 12.0. The number of likely N-dealkylation sites (tertiary alicyclic amines) is 1. The fourth-order valence-corrected chi connectivity index (χ4v) is 4.93. The van der Waals surface area contributed by atoms with Crippen molar-refractivity contribution in [2.24, 2.45) is 16.8 Å². The number of carbonyl (C=O) groups excluding carboxylic acids is 1. The monoisotopic (exact) mass is 572 g/mol. The van der Waals surface area contributed by atoms with E-state index in [1.165, 1.54) is 12.0 Å². The summed E-state index contributed by atoms with van der Waals surface area (Å²) >= 11 is 0. The Bertz CT molecular complexity index is 807. The van der Waals surface area contributed by atoms with Crippen LogP contribution in [0.15, 0.2) is 17.1 Å². The van der Waals surface area contributed by atoms with Crippen LogP contribution < -0.4 is 14.8 Å². The second kappa shape index (κ2) is 13.2. The zero-order chi connectivity index (χ0) is 23.1. The van der Waals surface area contributed by atoms with Gasteiger partial charge in [-0.05, 0) is 61.3 Å². The Labute approximate surface area is 216 Å². The van der Waals surface area contributed by atoms with Crippen molar-refractivity contribution in [3.8, 4) is 11.5 Å². The van der Waals surface area contributed by atoms with Crippen LogP contribution >= 0.6 is 24.0 Å². The van der Waals surface area contributed by atoms with Crippen molar-refractivity contribution < 1.29 is 14.3 Å². The van der Waals surface area contributed by atoms with Gasteiger partial charge in [-0.2, -0.15) is 0 Å². The SMILES string of the molecule is CCNC(=NCCCC(=O)N1CCc2cc(OC)c(OC)cc2C1)N1CC(C)CC(C)C1.I. The van der Waals surface area contributed by atoms with Gasteiger partial charge < -0.3 is 24.6 Å². The van der Waals surface area contributed by atoms with E-state index in [0.717, 1.165) is 56.3 Å². The fourth-order valence-electron chi connectivity index (χ4n) is 4.93. The third-order valence-electron chi connectivity index (χ3n) is 6.38. The van der Waals surface area contributed by atoms with Crippen LogP contribution in [0.5, 0.6) is 11.5 Å². The maximum absolute atomic E-state index is 12.8. The molecule has 186 valence electrons. The molecule has 1 amide bonds. The van der Waals surface area contributed by atoms with Crippen LogP contribution in [0, 0.1) is 11.8 Å². The summed E-state index contributed by atoms with van der Waals surface area (Å²) in [7, 11) is 3.29. The summed E-state index contributed by atoms with van der Waals surface area (Å²) in [5.41, 5.74) is 2.37. The third-order valence-corrected chi connectivity index (χ3v) is 6.38. The molecule has 1 saturated heterocycles. The molecule has 0 aliphatic carbocycles. The summed E-state index contributed by atoms with van der Waals surface area (Å²) in [6.45, 7) is 11.7. The van der Waals surface area contributed by atoms with Crippen LogP contribution in [0.1, 0.15) is 51.2 Å². The minimum absolute atomic E-state index is 0. The average molecular weight is 573 g/mol. The van der Waals surface area contributed by atoms with Gasteiger partial charge in [-0.15, -0.1) is 24.0 Å². The van der Waals surface area contributed by atoms with Gasteiger partial charge in [-0.3, -0.25) is 9.79 Å². The molecule has 0 spiro atoms. The van der Waals surface area contributed by atoms with E-state index in [2.05, 4.69) is 31.0 Å². The van der Waals surface area contributed by atoms with E-state index in [1.807, 2.05) is 17.0 Å². The van der Waals surface area contributed by atoms with E-state index in [-0.39, 0.29) is 29.9 Å². The van der Waals surface area contributed by atoms with Crippen molar-refractivity contribution in [1.82, 2.24) is 15.1 Å². The number of benzene rings is 1. The molecule has 0 bridgehead atoms. The van der Waals surface area contributed by atoms with Crippen molar-refractivity contribution in [1.29, 1.82) is 0 Å². The number of carbonyl (C=O) groups is 1. The van der Waals surface area contributed by atoms with Gasteiger partial charge in [0.1, 0.15) is 0 Å². The molecule has 1 N–H and O–H groups in total. The Balaban J connectivity index is 0.00000385. The lowest BCUT2D eigenvalue weighted by molar-refractivity contribution is -0.132. The summed E-state index contributed by atoms with van der Waals surface area (Å²) in [6.07, 6.45) is 3.41. The molecule has 0 aromatic heterocycles. The minimum Gasteiger partial charge on any atom is -0.493 e. The van der Waals surface area contributed by atoms with Crippen molar-refractivity contribution >= 4 is 35.8 Å². The summed E-state index contributed by atoms with van der Waals surface area (Å²) in [5.74, 6) is 4.02. The smallest absolute Gasteiger partial charge is 0.222 e. The minimum atomic E-state index is 0. The maximum Gasteiger partial charge on any atom is 0.222 e. The van der Waals surface area contributed by atoms with E-state index in [1.54, 1.807) is 14.2 Å². The molecule has 0 radical (unpaired) electrons. The molecule has 2 aliphatic heterocycles. The molecule has 1 fully saturated rings. The number of methoxy groups -OCH3 is 2. The van der Waals surface area contributed by atoms with Crippen molar-refractivity contribution in [2.75, 3.05) is 46.9 Å². The molecule has 1 aromatic carbocycles. The molecule has 3 rings (SSSR count). The van der Waals surface area contributed by atoms with Gasteiger partial charge in [0.05, 0.1) is 14.2 Å². The molecular formula is C25H41IN4O3. The van der Waals surface area contributed by atoms with Gasteiger partial charge >= 0.3 is 0 Å². The van der Waals surface area contributed by atoms with Crippen LogP contribution in [0.4, 0.5) is 0 Å².